The zero-order chi connectivity index (χ0) is 15.3. The molecule has 0 saturated carbocycles. The minimum atomic E-state index is -0.416. The minimum Gasteiger partial charge on any atom is -0.870 e. The molecule has 22 heavy (non-hydrogen) atoms. The van der Waals surface area contributed by atoms with E-state index in [2.05, 4.69) is 10.4 Å². The maximum atomic E-state index is 13.5. The van der Waals surface area contributed by atoms with Crippen LogP contribution < -0.4 is 57.1 Å². The van der Waals surface area contributed by atoms with Gasteiger partial charge in [0, 0.05) is 24.4 Å². The number of carbonyl (C=O) groups excluding carboxylic acids is 1. The molecule has 0 saturated heterocycles. The van der Waals surface area contributed by atoms with Crippen LogP contribution in [0.3, 0.4) is 0 Å². The summed E-state index contributed by atoms with van der Waals surface area (Å²) in [4.78, 5) is 10.6. The fourth-order valence-corrected chi connectivity index (χ4v) is 1.75. The van der Waals surface area contributed by atoms with E-state index in [1.807, 2.05) is 13.8 Å². The van der Waals surface area contributed by atoms with Crippen molar-refractivity contribution in [3.63, 3.8) is 0 Å². The number of fused-ring (bicyclic) bond motifs is 1. The largest absolute Gasteiger partial charge is 1.00 e. The molecule has 0 aliphatic carbocycles. The third-order valence-electron chi connectivity index (χ3n) is 2.73. The van der Waals surface area contributed by atoms with Gasteiger partial charge in [-0.05, 0) is 37.0 Å². The number of aryl methyl sites for hydroxylation is 2. The van der Waals surface area contributed by atoms with Crippen LogP contribution in [0.15, 0.2) is 12.1 Å². The summed E-state index contributed by atoms with van der Waals surface area (Å²) in [7, 11) is 1.77. The van der Waals surface area contributed by atoms with Gasteiger partial charge < -0.3 is 26.3 Å². The summed E-state index contributed by atoms with van der Waals surface area (Å²) in [6.45, 7) is 5.96. The number of carbonyl (C=O) groups is 1. The molecular weight excluding hydrogens is 314 g/mol. The van der Waals surface area contributed by atoms with Gasteiger partial charge in [-0.1, -0.05) is 13.8 Å². The van der Waals surface area contributed by atoms with Crippen molar-refractivity contribution in [3.8, 4) is 0 Å². The number of amides is 1. The van der Waals surface area contributed by atoms with Crippen LogP contribution >= 0.6 is 0 Å². The number of primary amides is 1. The molecule has 118 valence electrons. The monoisotopic (exact) mass is 335 g/mol. The summed E-state index contributed by atoms with van der Waals surface area (Å²) < 4.78 is 15.2. The summed E-state index contributed by atoms with van der Waals surface area (Å²) in [5.74, 6) is -0.268. The number of nitrogens with zero attached hydrogens (tertiary/aromatic N) is 3. The molecule has 1 aromatic heterocycles. The van der Waals surface area contributed by atoms with E-state index < -0.39 is 5.91 Å². The second-order valence-electron chi connectivity index (χ2n) is 4.16. The number of aromatic nitrogens is 2. The Bertz CT molecular complexity index is 616. The van der Waals surface area contributed by atoms with Gasteiger partial charge in [0.2, 0.25) is 5.91 Å². The van der Waals surface area contributed by atoms with Crippen molar-refractivity contribution in [2.75, 3.05) is 6.54 Å². The molecule has 1 aromatic carbocycles. The fraction of sp³-hybridized carbons (Fsp3) is 0.429. The van der Waals surface area contributed by atoms with Crippen molar-refractivity contribution in [2.24, 2.45) is 12.8 Å². The Morgan fingerprint density at radius 3 is 2.55 bits per heavy atom. The van der Waals surface area contributed by atoms with Crippen LogP contribution in [0.4, 0.5) is 10.2 Å². The Kier molecular flexibility index (Phi) is 12.0. The Labute approximate surface area is 172 Å². The Hall–Kier alpha value is -0.514. The third kappa shape index (κ3) is 5.94. The molecule has 1 heterocycles. The standard InChI is InChI=1S/C12H15FN4O.C2H6.K.H2O/c1-7-5-10-8(6-9(7)13)12(16-17(10)2)15-4-3-11(14)18;1-2;;/h5-6H,3-4H2,1-2H3,(H3,14,15,16,18);1-2H3;;1H2/q;;+1;/p-2. The van der Waals surface area contributed by atoms with Gasteiger partial charge in [-0.2, -0.15) is 0 Å². The molecule has 2 rings (SSSR count). The summed E-state index contributed by atoms with van der Waals surface area (Å²) in [6.07, 6.45) is 0.159. The van der Waals surface area contributed by atoms with Gasteiger partial charge in [-0.15, -0.1) is 0 Å². The van der Waals surface area contributed by atoms with Crippen molar-refractivity contribution >= 4 is 22.6 Å². The normalized spacial score (nSPS) is 9.14. The number of hydrogen-bond donors (Lipinski definition) is 1. The third-order valence-corrected chi connectivity index (χ3v) is 2.73. The summed E-state index contributed by atoms with van der Waals surface area (Å²) in [6, 6.07) is 3.14. The predicted molar refractivity (Wildman–Crippen MR) is 80.4 cm³/mol. The Morgan fingerprint density at radius 2 is 2.00 bits per heavy atom. The number of benzene rings is 1. The molecular formula is C14H21FKN4O2-. The molecule has 0 atom stereocenters. The van der Waals surface area contributed by atoms with Crippen LogP contribution in [0.1, 0.15) is 25.8 Å². The van der Waals surface area contributed by atoms with Crippen molar-refractivity contribution in [2.45, 2.75) is 27.2 Å². The summed E-state index contributed by atoms with van der Waals surface area (Å²) in [5, 5.41) is 9.01. The van der Waals surface area contributed by atoms with Crippen LogP contribution in [0.25, 0.3) is 16.2 Å². The molecule has 0 radical (unpaired) electrons. The van der Waals surface area contributed by atoms with E-state index in [4.69, 9.17) is 5.73 Å². The predicted octanol–water partition coefficient (Wildman–Crippen LogP) is -0.245. The minimum absolute atomic E-state index is 0. The molecule has 0 aliphatic rings. The van der Waals surface area contributed by atoms with E-state index in [1.54, 1.807) is 24.7 Å². The molecule has 0 bridgehead atoms. The quantitative estimate of drug-likeness (QED) is 0.779. The van der Waals surface area contributed by atoms with Gasteiger partial charge >= 0.3 is 51.4 Å². The number of rotatable bonds is 4. The first-order valence-electron chi connectivity index (χ1n) is 6.57. The van der Waals surface area contributed by atoms with E-state index in [-0.39, 0.29) is 75.6 Å². The Morgan fingerprint density at radius 1 is 1.41 bits per heavy atom. The topological polar surface area (TPSA) is 105 Å². The zero-order valence-electron chi connectivity index (χ0n) is 13.7. The van der Waals surface area contributed by atoms with Crippen LogP contribution in [0.5, 0.6) is 0 Å². The van der Waals surface area contributed by atoms with Gasteiger partial charge in [0.05, 0.1) is 0 Å². The summed E-state index contributed by atoms with van der Waals surface area (Å²) >= 11 is 0. The fourth-order valence-electron chi connectivity index (χ4n) is 1.75. The Balaban J connectivity index is 0. The molecule has 0 aliphatic heterocycles. The second kappa shape index (κ2) is 11.1. The van der Waals surface area contributed by atoms with Crippen molar-refractivity contribution < 1.29 is 66.0 Å². The maximum Gasteiger partial charge on any atom is 1.00 e. The van der Waals surface area contributed by atoms with Crippen LogP contribution in [-0.4, -0.2) is 27.7 Å². The van der Waals surface area contributed by atoms with Crippen LogP contribution in [-0.2, 0) is 11.8 Å². The molecule has 0 spiro atoms. The second-order valence-corrected chi connectivity index (χ2v) is 4.16. The molecule has 3 N–H and O–H groups in total. The molecule has 6 nitrogen and oxygen atoms in total. The molecule has 2 aromatic rings. The summed E-state index contributed by atoms with van der Waals surface area (Å²) in [5.41, 5.74) is 6.41. The molecule has 0 fully saturated rings. The van der Waals surface area contributed by atoms with Crippen molar-refractivity contribution in [3.05, 3.63) is 28.8 Å². The SMILES string of the molecule is CC.Cc1cc2c(cc1F)c([N-]CCC(N)=O)nn2C.[K+].[OH-]. The first kappa shape index (κ1) is 23.7. The number of halogens is 1. The average molecular weight is 335 g/mol. The van der Waals surface area contributed by atoms with E-state index in [9.17, 15) is 9.18 Å². The van der Waals surface area contributed by atoms with Gasteiger partial charge in [0.1, 0.15) is 5.82 Å². The van der Waals surface area contributed by atoms with Gasteiger partial charge in [-0.25, -0.2) is 4.39 Å². The van der Waals surface area contributed by atoms with Gasteiger partial charge in [-0.3, -0.25) is 4.79 Å². The van der Waals surface area contributed by atoms with E-state index in [0.717, 1.165) is 5.52 Å². The van der Waals surface area contributed by atoms with Crippen molar-refractivity contribution in [1.82, 2.24) is 9.78 Å². The average Bonchev–Trinajstić information content (AvgIpc) is 2.69. The number of nitrogens with two attached hydrogens (primary N) is 1. The maximum absolute atomic E-state index is 13.5. The van der Waals surface area contributed by atoms with E-state index in [0.29, 0.717) is 16.8 Å². The molecule has 0 unspecified atom stereocenters. The van der Waals surface area contributed by atoms with Crippen molar-refractivity contribution in [1.29, 1.82) is 0 Å². The smallest absolute Gasteiger partial charge is 0.870 e. The van der Waals surface area contributed by atoms with Crippen LogP contribution in [0.2, 0.25) is 0 Å². The van der Waals surface area contributed by atoms with Crippen LogP contribution in [0, 0.1) is 12.7 Å². The number of hydrogen-bond acceptors (Lipinski definition) is 3. The van der Waals surface area contributed by atoms with E-state index in [1.165, 1.54) is 6.07 Å². The first-order chi connectivity index (χ1) is 9.49. The molecule has 1 amide bonds. The molecule has 8 heteroatoms. The zero-order valence-corrected chi connectivity index (χ0v) is 16.8. The van der Waals surface area contributed by atoms with Gasteiger partial charge in [0.25, 0.3) is 0 Å². The first-order valence-corrected chi connectivity index (χ1v) is 6.57. The van der Waals surface area contributed by atoms with E-state index >= 15 is 0 Å². The van der Waals surface area contributed by atoms with Gasteiger partial charge in [0.15, 0.2) is 0 Å².